The minimum atomic E-state index is -0.399. The highest BCUT2D eigenvalue weighted by Gasteiger charge is 2.08. The third kappa shape index (κ3) is 2.63. The van der Waals surface area contributed by atoms with Crippen LogP contribution in [0, 0.1) is 13.8 Å². The fraction of sp³-hybridized carbons (Fsp3) is 0.154. The number of aryl methyl sites for hydroxylation is 2. The van der Waals surface area contributed by atoms with Crippen LogP contribution in [0.25, 0.3) is 0 Å². The zero-order valence-electron chi connectivity index (χ0n) is 10.2. The van der Waals surface area contributed by atoms with Crippen molar-refractivity contribution >= 4 is 11.6 Å². The molecule has 1 aromatic heterocycles. The zero-order chi connectivity index (χ0) is 13.1. The normalized spacial score (nSPS) is 10.1. The van der Waals surface area contributed by atoms with Gasteiger partial charge < -0.3 is 10.3 Å². The largest absolute Gasteiger partial charge is 0.321 e. The molecule has 5 heteroatoms. The van der Waals surface area contributed by atoms with E-state index >= 15 is 0 Å². The summed E-state index contributed by atoms with van der Waals surface area (Å²) in [6.45, 7) is 3.97. The Bertz CT molecular complexity index is 647. The van der Waals surface area contributed by atoms with Gasteiger partial charge in [0.2, 0.25) is 0 Å². The van der Waals surface area contributed by atoms with Crippen LogP contribution in [-0.2, 0) is 0 Å². The molecule has 0 fully saturated rings. The molecule has 0 aliphatic heterocycles. The highest BCUT2D eigenvalue weighted by atomic mass is 16.2. The van der Waals surface area contributed by atoms with Gasteiger partial charge in [0.05, 0.1) is 6.33 Å². The molecule has 1 aromatic carbocycles. The first-order chi connectivity index (χ1) is 8.56. The molecule has 0 aliphatic rings. The van der Waals surface area contributed by atoms with Crippen LogP contribution in [0.3, 0.4) is 0 Å². The molecule has 0 aliphatic carbocycles. The summed E-state index contributed by atoms with van der Waals surface area (Å²) in [6, 6.07) is 6.78. The Morgan fingerprint density at radius 1 is 1.22 bits per heavy atom. The molecule has 0 atom stereocenters. The van der Waals surface area contributed by atoms with Crippen molar-refractivity contribution in [2.45, 2.75) is 13.8 Å². The number of anilines is 1. The fourth-order valence-electron chi connectivity index (χ4n) is 1.51. The number of nitrogens with one attached hydrogen (secondary N) is 2. The number of rotatable bonds is 2. The van der Waals surface area contributed by atoms with E-state index in [-0.39, 0.29) is 11.3 Å². The molecule has 18 heavy (non-hydrogen) atoms. The van der Waals surface area contributed by atoms with Gasteiger partial charge in [-0.15, -0.1) is 0 Å². The van der Waals surface area contributed by atoms with Crippen LogP contribution in [0.2, 0.25) is 0 Å². The van der Waals surface area contributed by atoms with Crippen LogP contribution in [0.4, 0.5) is 5.69 Å². The van der Waals surface area contributed by atoms with Crippen molar-refractivity contribution in [3.05, 3.63) is 57.8 Å². The quantitative estimate of drug-likeness (QED) is 0.842. The highest BCUT2D eigenvalue weighted by molar-refractivity contribution is 6.02. The maximum atomic E-state index is 11.8. The Labute approximate surface area is 104 Å². The number of amides is 1. The van der Waals surface area contributed by atoms with Crippen LogP contribution in [0.5, 0.6) is 0 Å². The number of H-pyrrole nitrogens is 1. The van der Waals surface area contributed by atoms with Gasteiger partial charge in [-0.2, -0.15) is 0 Å². The molecule has 5 nitrogen and oxygen atoms in total. The summed E-state index contributed by atoms with van der Waals surface area (Å²) >= 11 is 0. The molecule has 92 valence electrons. The van der Waals surface area contributed by atoms with Gasteiger partial charge in [-0.1, -0.05) is 6.07 Å². The summed E-state index contributed by atoms with van der Waals surface area (Å²) in [5.41, 5.74) is 2.67. The number of hydrogen-bond donors (Lipinski definition) is 2. The monoisotopic (exact) mass is 243 g/mol. The minimum Gasteiger partial charge on any atom is -0.321 e. The standard InChI is InChI=1S/C13H13N3O2/c1-8-3-4-10(5-9(8)2)16-13(18)11-6-12(17)15-7-14-11/h3-7H,1-2H3,(H,16,18)(H,14,15,17). The van der Waals surface area contributed by atoms with E-state index in [2.05, 4.69) is 15.3 Å². The first kappa shape index (κ1) is 12.0. The van der Waals surface area contributed by atoms with Crippen LogP contribution in [0.15, 0.2) is 35.4 Å². The summed E-state index contributed by atoms with van der Waals surface area (Å²) in [5, 5.41) is 2.70. The number of nitrogens with zero attached hydrogens (tertiary/aromatic N) is 1. The van der Waals surface area contributed by atoms with Crippen molar-refractivity contribution in [1.29, 1.82) is 0 Å². The fourth-order valence-corrected chi connectivity index (χ4v) is 1.51. The molecule has 0 bridgehead atoms. The lowest BCUT2D eigenvalue weighted by molar-refractivity contribution is 0.102. The molecular weight excluding hydrogens is 230 g/mol. The molecule has 2 aromatic rings. The lowest BCUT2D eigenvalue weighted by atomic mass is 10.1. The van der Waals surface area contributed by atoms with Crippen molar-refractivity contribution in [3.63, 3.8) is 0 Å². The van der Waals surface area contributed by atoms with E-state index in [4.69, 9.17) is 0 Å². The maximum absolute atomic E-state index is 11.8. The minimum absolute atomic E-state index is 0.0944. The Hall–Kier alpha value is -2.43. The Morgan fingerprint density at radius 2 is 2.00 bits per heavy atom. The molecule has 0 spiro atoms. The molecule has 0 saturated heterocycles. The van der Waals surface area contributed by atoms with E-state index in [1.165, 1.54) is 6.33 Å². The second-order valence-corrected chi connectivity index (χ2v) is 4.05. The summed E-state index contributed by atoms with van der Waals surface area (Å²) in [5.74, 6) is -0.399. The summed E-state index contributed by atoms with van der Waals surface area (Å²) in [4.78, 5) is 29.1. The summed E-state index contributed by atoms with van der Waals surface area (Å²) < 4.78 is 0. The van der Waals surface area contributed by atoms with Gasteiger partial charge in [0, 0.05) is 11.8 Å². The molecule has 0 saturated carbocycles. The maximum Gasteiger partial charge on any atom is 0.274 e. The number of carbonyl (C=O) groups is 1. The number of carbonyl (C=O) groups excluding carboxylic acids is 1. The summed E-state index contributed by atoms with van der Waals surface area (Å²) in [7, 11) is 0. The van der Waals surface area contributed by atoms with Gasteiger partial charge >= 0.3 is 0 Å². The van der Waals surface area contributed by atoms with Gasteiger partial charge in [-0.05, 0) is 37.1 Å². The Morgan fingerprint density at radius 3 is 2.67 bits per heavy atom. The van der Waals surface area contributed by atoms with E-state index in [1.807, 2.05) is 32.0 Å². The first-order valence-corrected chi connectivity index (χ1v) is 5.49. The van der Waals surface area contributed by atoms with Crippen molar-refractivity contribution in [2.75, 3.05) is 5.32 Å². The number of aromatic amines is 1. The second-order valence-electron chi connectivity index (χ2n) is 4.05. The first-order valence-electron chi connectivity index (χ1n) is 5.49. The van der Waals surface area contributed by atoms with Gasteiger partial charge in [-0.3, -0.25) is 9.59 Å². The van der Waals surface area contributed by atoms with Crippen LogP contribution in [-0.4, -0.2) is 15.9 Å². The number of aromatic nitrogens is 2. The molecule has 1 amide bonds. The molecule has 0 radical (unpaired) electrons. The van der Waals surface area contributed by atoms with E-state index in [1.54, 1.807) is 0 Å². The average molecular weight is 243 g/mol. The second kappa shape index (κ2) is 4.83. The van der Waals surface area contributed by atoms with Crippen molar-refractivity contribution < 1.29 is 4.79 Å². The highest BCUT2D eigenvalue weighted by Crippen LogP contribution is 2.14. The van der Waals surface area contributed by atoms with Crippen molar-refractivity contribution in [3.8, 4) is 0 Å². The molecule has 0 unspecified atom stereocenters. The number of hydrogen-bond acceptors (Lipinski definition) is 3. The SMILES string of the molecule is Cc1ccc(NC(=O)c2cc(=O)[nH]cn2)cc1C. The zero-order valence-corrected chi connectivity index (χ0v) is 10.2. The van der Waals surface area contributed by atoms with E-state index in [0.717, 1.165) is 17.2 Å². The Balaban J connectivity index is 2.21. The third-order valence-corrected chi connectivity index (χ3v) is 2.68. The van der Waals surface area contributed by atoms with Crippen molar-refractivity contribution in [2.24, 2.45) is 0 Å². The average Bonchev–Trinajstić information content (AvgIpc) is 2.34. The predicted molar refractivity (Wildman–Crippen MR) is 68.7 cm³/mol. The summed E-state index contributed by atoms with van der Waals surface area (Å²) in [6.07, 6.45) is 1.21. The molecule has 2 rings (SSSR count). The van der Waals surface area contributed by atoms with E-state index in [9.17, 15) is 9.59 Å². The van der Waals surface area contributed by atoms with Gasteiger partial charge in [0.1, 0.15) is 5.69 Å². The van der Waals surface area contributed by atoms with Crippen LogP contribution >= 0.6 is 0 Å². The number of benzene rings is 1. The van der Waals surface area contributed by atoms with E-state index < -0.39 is 5.91 Å². The van der Waals surface area contributed by atoms with Crippen LogP contribution in [0.1, 0.15) is 21.6 Å². The van der Waals surface area contributed by atoms with Gasteiger partial charge in [-0.25, -0.2) is 4.98 Å². The van der Waals surface area contributed by atoms with Gasteiger partial charge in [0.15, 0.2) is 0 Å². The smallest absolute Gasteiger partial charge is 0.274 e. The molecule has 1 heterocycles. The lowest BCUT2D eigenvalue weighted by Crippen LogP contribution is -2.17. The predicted octanol–water partition coefficient (Wildman–Crippen LogP) is 1.64. The third-order valence-electron chi connectivity index (χ3n) is 2.68. The molecule has 2 N–H and O–H groups in total. The molecular formula is C13H13N3O2. The topological polar surface area (TPSA) is 74.8 Å². The van der Waals surface area contributed by atoms with Gasteiger partial charge in [0.25, 0.3) is 11.5 Å². The Kier molecular flexibility index (Phi) is 3.23. The van der Waals surface area contributed by atoms with Crippen LogP contribution < -0.4 is 10.9 Å². The van der Waals surface area contributed by atoms with Crippen molar-refractivity contribution in [1.82, 2.24) is 9.97 Å². The lowest BCUT2D eigenvalue weighted by Gasteiger charge is -2.06. The van der Waals surface area contributed by atoms with E-state index in [0.29, 0.717) is 5.69 Å².